The largest absolute Gasteiger partial charge is 0.416 e. The number of nitrogens with two attached hydrogens (primary N) is 1. The van der Waals surface area contributed by atoms with Crippen LogP contribution < -0.4 is 21.5 Å². The SMILES string of the molecule is Cc1ncc(C(=O)Nc2cccc(C(F)(F)F)c2)cc1-c1cc(N2CCOCC2)c(=O)n(CCN)c1. The van der Waals surface area contributed by atoms with E-state index in [1.165, 1.54) is 22.9 Å². The molecule has 3 heterocycles. The number of morpholine rings is 1. The second-order valence-corrected chi connectivity index (χ2v) is 8.39. The molecule has 0 radical (unpaired) electrons. The summed E-state index contributed by atoms with van der Waals surface area (Å²) in [4.78, 5) is 32.2. The van der Waals surface area contributed by atoms with Crippen LogP contribution in [0.15, 0.2) is 53.6 Å². The summed E-state index contributed by atoms with van der Waals surface area (Å²) in [6, 6.07) is 7.79. The fourth-order valence-corrected chi connectivity index (χ4v) is 4.03. The molecule has 1 fully saturated rings. The van der Waals surface area contributed by atoms with Gasteiger partial charge in [0.2, 0.25) is 0 Å². The van der Waals surface area contributed by atoms with Gasteiger partial charge in [0.1, 0.15) is 5.69 Å². The first-order valence-corrected chi connectivity index (χ1v) is 11.4. The Morgan fingerprint density at radius 2 is 1.94 bits per heavy atom. The van der Waals surface area contributed by atoms with Gasteiger partial charge in [-0.25, -0.2) is 0 Å². The summed E-state index contributed by atoms with van der Waals surface area (Å²) in [5.41, 5.74) is 7.28. The van der Waals surface area contributed by atoms with Crippen LogP contribution in [0.5, 0.6) is 0 Å². The Hall–Kier alpha value is -3.70. The monoisotopic (exact) mass is 501 g/mol. The maximum Gasteiger partial charge on any atom is 0.416 e. The number of aryl methyl sites for hydroxylation is 1. The van der Waals surface area contributed by atoms with Crippen LogP contribution in [0, 0.1) is 6.92 Å². The van der Waals surface area contributed by atoms with E-state index in [-0.39, 0.29) is 23.4 Å². The highest BCUT2D eigenvalue weighted by atomic mass is 19.4. The van der Waals surface area contributed by atoms with Crippen molar-refractivity contribution in [3.8, 4) is 11.1 Å². The molecule has 11 heteroatoms. The average Bonchev–Trinajstić information content (AvgIpc) is 2.86. The predicted molar refractivity (Wildman–Crippen MR) is 130 cm³/mol. The van der Waals surface area contributed by atoms with E-state index in [9.17, 15) is 22.8 Å². The van der Waals surface area contributed by atoms with Gasteiger partial charge in [0.15, 0.2) is 0 Å². The molecule has 0 bridgehead atoms. The first-order chi connectivity index (χ1) is 17.2. The van der Waals surface area contributed by atoms with Crippen molar-refractivity contribution >= 4 is 17.3 Å². The van der Waals surface area contributed by atoms with Crippen LogP contribution in [0.25, 0.3) is 11.1 Å². The van der Waals surface area contributed by atoms with Crippen molar-refractivity contribution in [3.63, 3.8) is 0 Å². The maximum atomic E-state index is 13.1. The Morgan fingerprint density at radius 3 is 2.64 bits per heavy atom. The number of pyridine rings is 2. The number of nitrogens with zero attached hydrogens (tertiary/aromatic N) is 3. The van der Waals surface area contributed by atoms with Gasteiger partial charge in [0.05, 0.1) is 24.3 Å². The number of benzene rings is 1. The quantitative estimate of drug-likeness (QED) is 0.538. The zero-order valence-corrected chi connectivity index (χ0v) is 19.6. The molecular weight excluding hydrogens is 475 g/mol. The third-order valence-corrected chi connectivity index (χ3v) is 5.90. The number of alkyl halides is 3. The number of amides is 1. The number of aromatic nitrogens is 2. The number of carbonyl (C=O) groups is 1. The summed E-state index contributed by atoms with van der Waals surface area (Å²) >= 11 is 0. The Kier molecular flexibility index (Phi) is 7.41. The summed E-state index contributed by atoms with van der Waals surface area (Å²) in [7, 11) is 0. The van der Waals surface area contributed by atoms with Crippen LogP contribution in [-0.4, -0.2) is 48.3 Å². The van der Waals surface area contributed by atoms with E-state index >= 15 is 0 Å². The zero-order chi connectivity index (χ0) is 25.9. The number of halogens is 3. The van der Waals surface area contributed by atoms with Gasteiger partial charge >= 0.3 is 6.18 Å². The minimum absolute atomic E-state index is 0.0167. The molecule has 2 aromatic heterocycles. The molecule has 1 amide bonds. The molecule has 0 saturated carbocycles. The van der Waals surface area contributed by atoms with Crippen LogP contribution in [0.2, 0.25) is 0 Å². The van der Waals surface area contributed by atoms with Gasteiger partial charge in [-0.15, -0.1) is 0 Å². The van der Waals surface area contributed by atoms with Crippen LogP contribution in [-0.2, 0) is 17.5 Å². The third kappa shape index (κ3) is 5.58. The Morgan fingerprint density at radius 1 is 1.19 bits per heavy atom. The summed E-state index contributed by atoms with van der Waals surface area (Å²) in [5, 5.41) is 2.50. The lowest BCUT2D eigenvalue weighted by Gasteiger charge is -2.29. The molecule has 1 saturated heterocycles. The first kappa shape index (κ1) is 25.4. The molecule has 3 aromatic rings. The van der Waals surface area contributed by atoms with E-state index in [4.69, 9.17) is 10.5 Å². The molecule has 36 heavy (non-hydrogen) atoms. The highest BCUT2D eigenvalue weighted by Crippen LogP contribution is 2.31. The fourth-order valence-electron chi connectivity index (χ4n) is 4.03. The molecule has 8 nitrogen and oxygen atoms in total. The lowest BCUT2D eigenvalue weighted by atomic mass is 10.0. The molecular formula is C25H26F3N5O3. The Bertz CT molecular complexity index is 1320. The molecule has 190 valence electrons. The van der Waals surface area contributed by atoms with Crippen LogP contribution in [0.4, 0.5) is 24.5 Å². The second-order valence-electron chi connectivity index (χ2n) is 8.39. The highest BCUT2D eigenvalue weighted by molar-refractivity contribution is 6.04. The van der Waals surface area contributed by atoms with Gasteiger partial charge < -0.3 is 25.3 Å². The molecule has 0 unspecified atom stereocenters. The molecule has 1 aliphatic heterocycles. The topological polar surface area (TPSA) is 102 Å². The summed E-state index contributed by atoms with van der Waals surface area (Å²) in [6.45, 7) is 4.50. The van der Waals surface area contributed by atoms with Gasteiger partial charge in [-0.1, -0.05) is 6.07 Å². The van der Waals surface area contributed by atoms with E-state index in [1.54, 1.807) is 25.3 Å². The normalized spacial score (nSPS) is 14.1. The molecule has 0 aliphatic carbocycles. The van der Waals surface area contributed by atoms with E-state index in [2.05, 4.69) is 10.3 Å². The van der Waals surface area contributed by atoms with Crippen LogP contribution in [0.1, 0.15) is 21.6 Å². The van der Waals surface area contributed by atoms with Gasteiger partial charge in [0, 0.05) is 61.1 Å². The van der Waals surface area contributed by atoms with E-state index in [0.717, 1.165) is 12.1 Å². The van der Waals surface area contributed by atoms with Crippen molar-refractivity contribution in [1.29, 1.82) is 0 Å². The number of carbonyl (C=O) groups excluding carboxylic acids is 1. The first-order valence-electron chi connectivity index (χ1n) is 11.4. The van der Waals surface area contributed by atoms with Crippen LogP contribution in [0.3, 0.4) is 0 Å². The zero-order valence-electron chi connectivity index (χ0n) is 19.6. The number of rotatable bonds is 6. The minimum atomic E-state index is -4.52. The van der Waals surface area contributed by atoms with Crippen LogP contribution >= 0.6 is 0 Å². The minimum Gasteiger partial charge on any atom is -0.378 e. The lowest BCUT2D eigenvalue weighted by Crippen LogP contribution is -2.40. The number of anilines is 2. The summed E-state index contributed by atoms with van der Waals surface area (Å²) in [5.74, 6) is -0.605. The number of ether oxygens (including phenoxy) is 1. The summed E-state index contributed by atoms with van der Waals surface area (Å²) < 4.78 is 46.0. The third-order valence-electron chi connectivity index (χ3n) is 5.90. The van der Waals surface area contributed by atoms with Crippen molar-refractivity contribution in [2.45, 2.75) is 19.6 Å². The molecule has 0 atom stereocenters. The van der Waals surface area contributed by atoms with Gasteiger partial charge in [-0.05, 0) is 37.3 Å². The maximum absolute atomic E-state index is 13.1. The van der Waals surface area contributed by atoms with E-state index in [1.807, 2.05) is 4.90 Å². The highest BCUT2D eigenvalue weighted by Gasteiger charge is 2.30. The number of nitrogens with one attached hydrogen (secondary N) is 1. The van der Waals surface area contributed by atoms with Crippen molar-refractivity contribution in [2.75, 3.05) is 43.1 Å². The van der Waals surface area contributed by atoms with E-state index < -0.39 is 17.6 Å². The van der Waals surface area contributed by atoms with Crippen molar-refractivity contribution < 1.29 is 22.7 Å². The lowest BCUT2D eigenvalue weighted by molar-refractivity contribution is -0.137. The molecule has 3 N–H and O–H groups in total. The molecule has 0 spiro atoms. The van der Waals surface area contributed by atoms with Crippen molar-refractivity contribution in [2.24, 2.45) is 5.73 Å². The van der Waals surface area contributed by atoms with Crippen molar-refractivity contribution in [1.82, 2.24) is 9.55 Å². The smallest absolute Gasteiger partial charge is 0.378 e. The average molecular weight is 502 g/mol. The number of hydrogen-bond donors (Lipinski definition) is 2. The van der Waals surface area contributed by atoms with Gasteiger partial charge in [-0.2, -0.15) is 13.2 Å². The second kappa shape index (κ2) is 10.5. The summed E-state index contributed by atoms with van der Waals surface area (Å²) in [6.07, 6.45) is -1.48. The standard InChI is InChI=1S/C25H26F3N5O3/c1-16-21(18-12-22(32-7-9-36-10-8-32)24(35)33(15-18)6-5-29)11-17(14-30-16)23(34)31-20-4-2-3-19(13-20)25(26,27)28/h2-4,11-15H,5-10,29H2,1H3,(H,31,34). The molecule has 1 aromatic carbocycles. The molecule has 1 aliphatic rings. The van der Waals surface area contributed by atoms with Gasteiger partial charge in [-0.3, -0.25) is 14.6 Å². The Labute approximate surface area is 205 Å². The van der Waals surface area contributed by atoms with Crippen molar-refractivity contribution in [3.05, 3.63) is 76.0 Å². The van der Waals surface area contributed by atoms with Gasteiger partial charge in [0.25, 0.3) is 11.5 Å². The van der Waals surface area contributed by atoms with E-state index in [0.29, 0.717) is 55.4 Å². The predicted octanol–water partition coefficient (Wildman–Crippen LogP) is 3.29. The number of hydrogen-bond acceptors (Lipinski definition) is 6. The molecule has 4 rings (SSSR count). The Balaban J connectivity index is 1.69. The fraction of sp³-hybridized carbons (Fsp3) is 0.320.